The average molecular weight is 528 g/mol. The van der Waals surface area contributed by atoms with Crippen LogP contribution in [0.1, 0.15) is 24.1 Å². The number of imidazole rings is 1. The number of nitrogens with one attached hydrogen (secondary N) is 2. The van der Waals surface area contributed by atoms with Gasteiger partial charge < -0.3 is 10.4 Å². The van der Waals surface area contributed by atoms with Gasteiger partial charge in [0.1, 0.15) is 11.5 Å². The minimum Gasteiger partial charge on any atom is -0.493 e. The van der Waals surface area contributed by atoms with Crippen molar-refractivity contribution in [2.75, 3.05) is 11.6 Å². The van der Waals surface area contributed by atoms with Gasteiger partial charge in [-0.15, -0.1) is 0 Å². The lowest BCUT2D eigenvalue weighted by Gasteiger charge is -2.11. The summed E-state index contributed by atoms with van der Waals surface area (Å²) in [7, 11) is 1.58. The number of aromatic nitrogens is 7. The lowest BCUT2D eigenvalue weighted by atomic mass is 10.0. The van der Waals surface area contributed by atoms with Crippen molar-refractivity contribution in [3.8, 4) is 17.0 Å². The van der Waals surface area contributed by atoms with Crippen molar-refractivity contribution in [3.63, 3.8) is 0 Å². The highest BCUT2D eigenvalue weighted by Crippen LogP contribution is 2.25. The minimum atomic E-state index is -0.405. The summed E-state index contributed by atoms with van der Waals surface area (Å²) in [6.07, 6.45) is 11.1. The Balaban J connectivity index is 1.39. The molecule has 6 rings (SSSR count). The Bertz CT molecular complexity index is 1820. The highest BCUT2D eigenvalue weighted by molar-refractivity contribution is 7.98. The Hall–Kier alpha value is -4.45. The van der Waals surface area contributed by atoms with Crippen molar-refractivity contribution in [1.82, 2.24) is 34.1 Å². The predicted octanol–water partition coefficient (Wildman–Crippen LogP) is 1.86. The molecule has 1 aliphatic rings. The molecular weight excluding hydrogens is 502 g/mol. The maximum Gasteiger partial charge on any atom is 0.328 e. The summed E-state index contributed by atoms with van der Waals surface area (Å²) < 4.78 is 3.03. The summed E-state index contributed by atoms with van der Waals surface area (Å²) in [5, 5.41) is 19.5. The zero-order valence-corrected chi connectivity index (χ0v) is 21.6. The quantitative estimate of drug-likeness (QED) is 0.215. The van der Waals surface area contributed by atoms with E-state index in [1.54, 1.807) is 23.8 Å². The molecule has 0 atom stereocenters. The molecule has 0 radical (unpaired) electrons. The number of thioether (sulfide) groups is 1. The molecule has 1 fully saturated rings. The molecule has 0 aliphatic heterocycles. The Labute approximate surface area is 221 Å². The molecule has 192 valence electrons. The molecular formula is C26H25N9O2S. The molecule has 5 aromatic rings. The van der Waals surface area contributed by atoms with Gasteiger partial charge in [0.15, 0.2) is 16.3 Å². The third-order valence-corrected chi connectivity index (χ3v) is 6.94. The van der Waals surface area contributed by atoms with Gasteiger partial charge in [0, 0.05) is 42.8 Å². The van der Waals surface area contributed by atoms with Gasteiger partial charge in [-0.1, -0.05) is 36.0 Å². The molecule has 1 saturated carbocycles. The van der Waals surface area contributed by atoms with Crippen LogP contribution in [-0.2, 0) is 13.6 Å². The topological polar surface area (TPSA) is 138 Å². The van der Waals surface area contributed by atoms with E-state index in [9.17, 15) is 9.90 Å². The van der Waals surface area contributed by atoms with E-state index >= 15 is 0 Å². The molecule has 0 spiro atoms. The van der Waals surface area contributed by atoms with Gasteiger partial charge >= 0.3 is 5.69 Å². The second-order valence-electron chi connectivity index (χ2n) is 9.03. The summed E-state index contributed by atoms with van der Waals surface area (Å²) >= 11 is 1.51. The van der Waals surface area contributed by atoms with Gasteiger partial charge in [0.2, 0.25) is 5.88 Å². The van der Waals surface area contributed by atoms with Crippen LogP contribution in [0.3, 0.4) is 0 Å². The first kappa shape index (κ1) is 23.9. The highest BCUT2D eigenvalue weighted by Gasteiger charge is 2.20. The number of hydrogen-bond acceptors (Lipinski definition) is 9. The van der Waals surface area contributed by atoms with Crippen molar-refractivity contribution in [2.45, 2.75) is 30.6 Å². The number of fused-ring (bicyclic) bond motifs is 1. The van der Waals surface area contributed by atoms with E-state index in [1.165, 1.54) is 16.3 Å². The second kappa shape index (κ2) is 9.78. The van der Waals surface area contributed by atoms with Gasteiger partial charge in [-0.25, -0.2) is 19.7 Å². The Morgan fingerprint density at radius 1 is 1.24 bits per heavy atom. The SMILES string of the molecule is CSc1ncc(-c2ccccc2CNc2cc(=NC3CC3)n3ncc(=Cc4c(O)[nH]c(=O)n4C)c3n2)cn1. The number of aromatic hydroxyl groups is 1. The normalized spacial score (nSPS) is 14.5. The maximum atomic E-state index is 11.9. The molecule has 0 unspecified atom stereocenters. The Morgan fingerprint density at radius 3 is 2.74 bits per heavy atom. The summed E-state index contributed by atoms with van der Waals surface area (Å²) in [5.41, 5.74) is 4.25. The van der Waals surface area contributed by atoms with Crippen LogP contribution in [0.25, 0.3) is 22.9 Å². The maximum absolute atomic E-state index is 11.9. The van der Waals surface area contributed by atoms with E-state index in [1.807, 2.05) is 36.8 Å². The van der Waals surface area contributed by atoms with Crippen LogP contribution in [0.4, 0.5) is 5.82 Å². The van der Waals surface area contributed by atoms with Gasteiger partial charge in [0.05, 0.1) is 12.2 Å². The summed E-state index contributed by atoms with van der Waals surface area (Å²) in [5.74, 6) is 0.434. The number of H-pyrrole nitrogens is 1. The second-order valence-corrected chi connectivity index (χ2v) is 9.81. The molecule has 4 heterocycles. The Kier molecular flexibility index (Phi) is 6.16. The van der Waals surface area contributed by atoms with E-state index in [-0.39, 0.29) is 11.9 Å². The fraction of sp³-hybridized carbons (Fsp3) is 0.231. The van der Waals surface area contributed by atoms with Gasteiger partial charge in [0.25, 0.3) is 0 Å². The number of anilines is 1. The molecule has 1 aliphatic carbocycles. The summed E-state index contributed by atoms with van der Waals surface area (Å²) in [6.45, 7) is 0.521. The van der Waals surface area contributed by atoms with Crippen LogP contribution >= 0.6 is 11.8 Å². The average Bonchev–Trinajstić information content (AvgIpc) is 3.61. The smallest absolute Gasteiger partial charge is 0.328 e. The van der Waals surface area contributed by atoms with Crippen LogP contribution in [0.5, 0.6) is 5.88 Å². The molecule has 0 saturated heterocycles. The summed E-state index contributed by atoms with van der Waals surface area (Å²) in [4.78, 5) is 32.8. The molecule has 11 nitrogen and oxygen atoms in total. The van der Waals surface area contributed by atoms with Crippen molar-refractivity contribution in [3.05, 3.63) is 81.4 Å². The third-order valence-electron chi connectivity index (χ3n) is 6.37. The molecule has 0 amide bonds. The molecule has 3 N–H and O–H groups in total. The van der Waals surface area contributed by atoms with E-state index in [0.29, 0.717) is 34.4 Å². The summed E-state index contributed by atoms with van der Waals surface area (Å²) in [6, 6.07) is 10.3. The molecule has 38 heavy (non-hydrogen) atoms. The fourth-order valence-electron chi connectivity index (χ4n) is 4.17. The van der Waals surface area contributed by atoms with E-state index in [2.05, 4.69) is 37.5 Å². The van der Waals surface area contributed by atoms with Gasteiger partial charge in [-0.3, -0.25) is 14.5 Å². The molecule has 12 heteroatoms. The standard InChI is InChI=1S/C26H25N9O2S/c1-34-20(24(36)33-26(34)37)9-16-14-30-35-22(31-18-7-8-18)10-21(32-23(16)35)27-11-15-5-3-4-6-19(15)17-12-28-25(38-2)29-13-17/h3-6,9-10,12-14,18,27,36H,7-8,11H2,1-2H3,(H,33,37). The van der Waals surface area contributed by atoms with Gasteiger partial charge in [-0.05, 0) is 36.3 Å². The first-order chi connectivity index (χ1) is 18.5. The van der Waals surface area contributed by atoms with Gasteiger partial charge in [-0.2, -0.15) is 9.61 Å². The number of nitrogens with zero attached hydrogens (tertiary/aromatic N) is 7. The van der Waals surface area contributed by atoms with E-state index in [0.717, 1.165) is 34.7 Å². The van der Waals surface area contributed by atoms with Crippen LogP contribution in [0.2, 0.25) is 0 Å². The van der Waals surface area contributed by atoms with Crippen LogP contribution in [0, 0.1) is 0 Å². The predicted molar refractivity (Wildman–Crippen MR) is 145 cm³/mol. The van der Waals surface area contributed by atoms with Crippen molar-refractivity contribution in [1.29, 1.82) is 0 Å². The van der Waals surface area contributed by atoms with Crippen LogP contribution in [0.15, 0.2) is 63.9 Å². The van der Waals surface area contributed by atoms with Crippen molar-refractivity contribution < 1.29 is 5.11 Å². The first-order valence-electron chi connectivity index (χ1n) is 12.1. The number of aromatic amines is 1. The third kappa shape index (κ3) is 4.65. The number of benzene rings is 1. The van der Waals surface area contributed by atoms with E-state index in [4.69, 9.17) is 9.98 Å². The highest BCUT2D eigenvalue weighted by atomic mass is 32.2. The first-order valence-corrected chi connectivity index (χ1v) is 13.3. The van der Waals surface area contributed by atoms with Crippen molar-refractivity contribution in [2.24, 2.45) is 12.0 Å². The minimum absolute atomic E-state index is 0.208. The lowest BCUT2D eigenvalue weighted by Crippen LogP contribution is -2.20. The Morgan fingerprint density at radius 2 is 2.03 bits per heavy atom. The largest absolute Gasteiger partial charge is 0.493 e. The number of rotatable bonds is 7. The van der Waals surface area contributed by atoms with Crippen LogP contribution in [-0.4, -0.2) is 51.5 Å². The van der Waals surface area contributed by atoms with Crippen LogP contribution < -0.4 is 21.7 Å². The molecule has 4 aromatic heterocycles. The number of hydrogen-bond donors (Lipinski definition) is 3. The molecule has 0 bridgehead atoms. The van der Waals surface area contributed by atoms with E-state index < -0.39 is 5.69 Å². The molecule has 1 aromatic carbocycles. The zero-order chi connectivity index (χ0) is 26.2. The zero-order valence-electron chi connectivity index (χ0n) is 20.8. The van der Waals surface area contributed by atoms with Crippen molar-refractivity contribution >= 4 is 29.3 Å². The fourth-order valence-corrected chi connectivity index (χ4v) is 4.49. The lowest BCUT2D eigenvalue weighted by molar-refractivity contribution is 0.454. The monoisotopic (exact) mass is 527 g/mol.